The molecule has 196 valence electrons. The van der Waals surface area contributed by atoms with Crippen LogP contribution < -0.4 is 0 Å². The summed E-state index contributed by atoms with van der Waals surface area (Å²) in [6.45, 7) is 10.0. The van der Waals surface area contributed by atoms with Gasteiger partial charge in [0.25, 0.3) is 0 Å². The molecule has 8 atom stereocenters. The lowest BCUT2D eigenvalue weighted by Crippen LogP contribution is -2.67. The summed E-state index contributed by atoms with van der Waals surface area (Å²) in [7, 11) is 0. The molecule has 1 unspecified atom stereocenters. The molecule has 2 heterocycles. The first-order chi connectivity index (χ1) is 16.5. The zero-order valence-electron chi connectivity index (χ0n) is 21.6. The van der Waals surface area contributed by atoms with Crippen LogP contribution in [-0.2, 0) is 33.3 Å². The number of rotatable bonds is 8. The van der Waals surface area contributed by atoms with Crippen LogP contribution in [0.1, 0.15) is 73.1 Å². The molecule has 0 aromatic rings. The van der Waals surface area contributed by atoms with Crippen LogP contribution in [0.15, 0.2) is 11.6 Å². The molecule has 3 fully saturated rings. The van der Waals surface area contributed by atoms with E-state index in [2.05, 4.69) is 13.8 Å². The van der Waals surface area contributed by atoms with Gasteiger partial charge in [-0.3, -0.25) is 9.59 Å². The maximum Gasteiger partial charge on any atom is 0.331 e. The number of aliphatic hydroxyl groups excluding tert-OH is 1. The van der Waals surface area contributed by atoms with Crippen LogP contribution in [0.3, 0.4) is 0 Å². The van der Waals surface area contributed by atoms with Crippen molar-refractivity contribution in [3.8, 4) is 0 Å². The van der Waals surface area contributed by atoms with E-state index in [0.29, 0.717) is 31.4 Å². The lowest BCUT2D eigenvalue weighted by molar-refractivity contribution is -0.228. The average molecular weight is 493 g/mol. The fraction of sp³-hybridized carbons (Fsp3) is 0.815. The van der Waals surface area contributed by atoms with Crippen LogP contribution in [0.25, 0.3) is 0 Å². The van der Waals surface area contributed by atoms with Gasteiger partial charge in [-0.25, -0.2) is 4.79 Å². The van der Waals surface area contributed by atoms with Crippen molar-refractivity contribution >= 4 is 17.9 Å². The summed E-state index contributed by atoms with van der Waals surface area (Å²) in [5, 5.41) is 11.0. The lowest BCUT2D eigenvalue weighted by Gasteiger charge is -2.63. The number of cyclic esters (lactones) is 1. The van der Waals surface area contributed by atoms with E-state index in [1.54, 1.807) is 0 Å². The van der Waals surface area contributed by atoms with E-state index in [9.17, 15) is 19.5 Å². The topological polar surface area (TPSA) is 112 Å². The number of hydrogen-bond donors (Lipinski definition) is 1. The van der Waals surface area contributed by atoms with Gasteiger partial charge in [0, 0.05) is 18.6 Å². The first-order valence-corrected chi connectivity index (χ1v) is 13.0. The van der Waals surface area contributed by atoms with E-state index < -0.39 is 29.2 Å². The van der Waals surface area contributed by atoms with Crippen LogP contribution in [0.4, 0.5) is 0 Å². The Morgan fingerprint density at radius 1 is 1.34 bits per heavy atom. The summed E-state index contributed by atoms with van der Waals surface area (Å²) in [6, 6.07) is 0. The summed E-state index contributed by atoms with van der Waals surface area (Å²) in [5.74, 6) is -1.24. The van der Waals surface area contributed by atoms with Gasteiger partial charge in [0.2, 0.25) is 0 Å². The van der Waals surface area contributed by atoms with Crippen molar-refractivity contribution in [1.29, 1.82) is 0 Å². The molecule has 0 bridgehead atoms. The number of esters is 3. The van der Waals surface area contributed by atoms with Crippen LogP contribution in [0.2, 0.25) is 0 Å². The Kier molecular flexibility index (Phi) is 7.10. The molecular weight excluding hydrogens is 452 g/mol. The highest BCUT2D eigenvalue weighted by atomic mass is 16.6. The molecule has 4 rings (SSSR count). The van der Waals surface area contributed by atoms with Crippen LogP contribution in [0, 0.1) is 28.6 Å². The lowest BCUT2D eigenvalue weighted by atomic mass is 9.43. The van der Waals surface area contributed by atoms with Gasteiger partial charge < -0.3 is 24.1 Å². The van der Waals surface area contributed by atoms with Gasteiger partial charge in [0.05, 0.1) is 24.5 Å². The molecule has 2 aliphatic heterocycles. The van der Waals surface area contributed by atoms with Gasteiger partial charge in [0.15, 0.2) is 0 Å². The first-order valence-electron chi connectivity index (χ1n) is 13.0. The molecule has 8 heteroatoms. The van der Waals surface area contributed by atoms with Crippen molar-refractivity contribution in [3.63, 3.8) is 0 Å². The van der Waals surface area contributed by atoms with Crippen molar-refractivity contribution in [2.45, 2.75) is 91.0 Å². The van der Waals surface area contributed by atoms with E-state index in [-0.39, 0.29) is 48.3 Å². The van der Waals surface area contributed by atoms with Gasteiger partial charge in [-0.05, 0) is 49.4 Å². The minimum atomic E-state index is -0.722. The number of hydrogen-bond acceptors (Lipinski definition) is 8. The number of carbonyl (C=O) groups is 3. The highest BCUT2D eigenvalue weighted by Crippen LogP contribution is 2.69. The standard InChI is InChI=1S/C27H40O8/c1-6-16(2)24(31)35-20(19-11-23(30)32-13-19)12-25(5)17(3)10-22(34-18(4)29)27(14-28)21(25)8-7-9-26(27)15-33-26/h11,16-17,20-22,28H,6-10,12-15H2,1-5H3/t16-,17+,20-,21+,22-,25-,26?,27-/m0/s1. The number of ether oxygens (including phenoxy) is 4. The van der Waals surface area contributed by atoms with Crippen LogP contribution in [0.5, 0.6) is 0 Å². The Morgan fingerprint density at radius 3 is 2.60 bits per heavy atom. The summed E-state index contributed by atoms with van der Waals surface area (Å²) in [4.78, 5) is 36.8. The van der Waals surface area contributed by atoms with Crippen molar-refractivity contribution in [1.82, 2.24) is 0 Å². The second kappa shape index (κ2) is 9.51. The van der Waals surface area contributed by atoms with Gasteiger partial charge in [-0.15, -0.1) is 0 Å². The van der Waals surface area contributed by atoms with Crippen molar-refractivity contribution in [3.05, 3.63) is 11.6 Å². The van der Waals surface area contributed by atoms with Gasteiger partial charge >= 0.3 is 17.9 Å². The predicted molar refractivity (Wildman–Crippen MR) is 126 cm³/mol. The Bertz CT molecular complexity index is 892. The molecule has 1 N–H and O–H groups in total. The predicted octanol–water partition coefficient (Wildman–Crippen LogP) is 3.34. The second-order valence-electron chi connectivity index (χ2n) is 11.4. The first kappa shape index (κ1) is 26.1. The number of carbonyl (C=O) groups excluding carboxylic acids is 3. The molecule has 0 amide bonds. The molecule has 8 nitrogen and oxygen atoms in total. The summed E-state index contributed by atoms with van der Waals surface area (Å²) in [6.07, 6.45) is 4.76. The normalized spacial score (nSPS) is 39.8. The molecular formula is C27H40O8. The number of fused-ring (bicyclic) bond motifs is 2. The summed E-state index contributed by atoms with van der Waals surface area (Å²) >= 11 is 0. The van der Waals surface area contributed by atoms with E-state index in [4.69, 9.17) is 18.9 Å². The molecule has 0 aromatic carbocycles. The maximum absolute atomic E-state index is 12.8. The van der Waals surface area contributed by atoms with Crippen LogP contribution in [-0.4, -0.2) is 60.6 Å². The van der Waals surface area contributed by atoms with E-state index in [1.165, 1.54) is 13.0 Å². The molecule has 0 radical (unpaired) electrons. The minimum Gasteiger partial charge on any atom is -0.462 e. The number of epoxide rings is 1. The molecule has 1 saturated heterocycles. The Hall–Kier alpha value is -1.93. The zero-order chi connectivity index (χ0) is 25.6. The molecule has 2 aliphatic carbocycles. The molecule has 4 aliphatic rings. The number of aliphatic hydroxyl groups is 1. The van der Waals surface area contributed by atoms with Gasteiger partial charge in [-0.2, -0.15) is 0 Å². The molecule has 1 spiro atoms. The highest BCUT2D eigenvalue weighted by Gasteiger charge is 2.74. The van der Waals surface area contributed by atoms with E-state index in [0.717, 1.165) is 19.3 Å². The van der Waals surface area contributed by atoms with Gasteiger partial charge in [0.1, 0.15) is 24.4 Å². The summed E-state index contributed by atoms with van der Waals surface area (Å²) < 4.78 is 23.2. The Morgan fingerprint density at radius 2 is 2.06 bits per heavy atom. The third kappa shape index (κ3) is 4.31. The highest BCUT2D eigenvalue weighted by molar-refractivity contribution is 5.85. The van der Waals surface area contributed by atoms with E-state index in [1.807, 2.05) is 13.8 Å². The largest absolute Gasteiger partial charge is 0.462 e. The van der Waals surface area contributed by atoms with Crippen LogP contribution >= 0.6 is 0 Å². The quantitative estimate of drug-likeness (QED) is 0.312. The fourth-order valence-electron chi connectivity index (χ4n) is 7.18. The van der Waals surface area contributed by atoms with Crippen molar-refractivity contribution in [2.75, 3.05) is 19.8 Å². The Balaban J connectivity index is 1.72. The minimum absolute atomic E-state index is 0.0206. The SMILES string of the molecule is CC[C@H](C)C(=O)O[C@@H](C[C@@]1(C)[C@H](C)C[C@H](OC(C)=O)[C@]2(CO)[C@@H]1CCCC21CO1)C1=CC(=O)OC1. The third-order valence-corrected chi connectivity index (χ3v) is 9.67. The third-order valence-electron chi connectivity index (χ3n) is 9.67. The second-order valence-corrected chi connectivity index (χ2v) is 11.4. The molecule has 2 saturated carbocycles. The van der Waals surface area contributed by atoms with Crippen molar-refractivity contribution in [2.24, 2.45) is 28.6 Å². The summed E-state index contributed by atoms with van der Waals surface area (Å²) in [5.41, 5.74) is -0.920. The molecule has 0 aromatic heterocycles. The fourth-order valence-corrected chi connectivity index (χ4v) is 7.18. The Labute approximate surface area is 207 Å². The van der Waals surface area contributed by atoms with Gasteiger partial charge in [-0.1, -0.05) is 34.1 Å². The maximum atomic E-state index is 12.8. The van der Waals surface area contributed by atoms with E-state index >= 15 is 0 Å². The smallest absolute Gasteiger partial charge is 0.331 e. The monoisotopic (exact) mass is 492 g/mol. The van der Waals surface area contributed by atoms with Crippen molar-refractivity contribution < 1.29 is 38.4 Å². The molecule has 35 heavy (non-hydrogen) atoms. The average Bonchev–Trinajstić information content (AvgIpc) is 3.45. The zero-order valence-corrected chi connectivity index (χ0v) is 21.6.